The SMILES string of the molecule is CN(C)CCCNCc1c[nH]ccc1=O. The minimum absolute atomic E-state index is 0.0915. The van der Waals surface area contributed by atoms with Crippen LogP contribution in [0.15, 0.2) is 23.3 Å². The number of aromatic amines is 1. The molecule has 0 fully saturated rings. The third kappa shape index (κ3) is 4.76. The van der Waals surface area contributed by atoms with Gasteiger partial charge in [-0.2, -0.15) is 0 Å². The van der Waals surface area contributed by atoms with E-state index in [9.17, 15) is 4.79 Å². The van der Waals surface area contributed by atoms with Crippen molar-refractivity contribution in [2.24, 2.45) is 0 Å². The van der Waals surface area contributed by atoms with E-state index in [1.807, 2.05) is 0 Å². The van der Waals surface area contributed by atoms with Crippen LogP contribution in [-0.2, 0) is 6.54 Å². The Hall–Kier alpha value is -1.13. The van der Waals surface area contributed by atoms with Gasteiger partial charge in [0.2, 0.25) is 0 Å². The molecular formula is C11H19N3O. The Labute approximate surface area is 90.3 Å². The maximum atomic E-state index is 11.3. The van der Waals surface area contributed by atoms with Gasteiger partial charge in [-0.3, -0.25) is 4.79 Å². The summed E-state index contributed by atoms with van der Waals surface area (Å²) in [6, 6.07) is 1.55. The molecule has 0 atom stereocenters. The summed E-state index contributed by atoms with van der Waals surface area (Å²) in [4.78, 5) is 16.4. The second-order valence-corrected chi connectivity index (χ2v) is 3.87. The predicted molar refractivity (Wildman–Crippen MR) is 61.9 cm³/mol. The van der Waals surface area contributed by atoms with Gasteiger partial charge in [0, 0.05) is 30.6 Å². The largest absolute Gasteiger partial charge is 0.367 e. The molecule has 0 amide bonds. The Kier molecular flexibility index (Phi) is 5.07. The number of nitrogens with zero attached hydrogens (tertiary/aromatic N) is 1. The molecule has 0 radical (unpaired) electrons. The van der Waals surface area contributed by atoms with Crippen molar-refractivity contribution in [3.63, 3.8) is 0 Å². The molecule has 4 nitrogen and oxygen atoms in total. The fourth-order valence-corrected chi connectivity index (χ4v) is 1.33. The van der Waals surface area contributed by atoms with Crippen LogP contribution in [0, 0.1) is 0 Å². The van der Waals surface area contributed by atoms with Gasteiger partial charge in [-0.25, -0.2) is 0 Å². The molecule has 1 aromatic heterocycles. The monoisotopic (exact) mass is 209 g/mol. The Balaban J connectivity index is 2.21. The minimum Gasteiger partial charge on any atom is -0.367 e. The second kappa shape index (κ2) is 6.37. The van der Waals surface area contributed by atoms with Gasteiger partial charge in [0.05, 0.1) is 0 Å². The number of pyridine rings is 1. The fraction of sp³-hybridized carbons (Fsp3) is 0.545. The number of rotatable bonds is 6. The maximum Gasteiger partial charge on any atom is 0.186 e. The molecule has 0 bridgehead atoms. The number of hydrogen-bond donors (Lipinski definition) is 2. The molecule has 0 aliphatic rings. The quantitative estimate of drug-likeness (QED) is 0.667. The average Bonchev–Trinajstić information content (AvgIpc) is 2.20. The molecule has 0 aliphatic carbocycles. The van der Waals surface area contributed by atoms with E-state index in [-0.39, 0.29) is 5.43 Å². The number of H-pyrrole nitrogens is 1. The lowest BCUT2D eigenvalue weighted by Crippen LogP contribution is -2.23. The van der Waals surface area contributed by atoms with Crippen molar-refractivity contribution in [1.29, 1.82) is 0 Å². The highest BCUT2D eigenvalue weighted by atomic mass is 16.1. The molecule has 2 N–H and O–H groups in total. The molecule has 15 heavy (non-hydrogen) atoms. The summed E-state index contributed by atoms with van der Waals surface area (Å²) in [5.74, 6) is 0. The fourth-order valence-electron chi connectivity index (χ4n) is 1.33. The lowest BCUT2D eigenvalue weighted by Gasteiger charge is -2.09. The molecule has 0 saturated carbocycles. The van der Waals surface area contributed by atoms with Crippen LogP contribution in [0.2, 0.25) is 0 Å². The normalized spacial score (nSPS) is 10.9. The molecule has 0 aliphatic heterocycles. The Morgan fingerprint density at radius 3 is 2.93 bits per heavy atom. The summed E-state index contributed by atoms with van der Waals surface area (Å²) < 4.78 is 0. The highest BCUT2D eigenvalue weighted by Crippen LogP contribution is 1.87. The molecule has 1 aromatic rings. The van der Waals surface area contributed by atoms with E-state index in [1.165, 1.54) is 0 Å². The first kappa shape index (κ1) is 11.9. The molecule has 0 unspecified atom stereocenters. The third-order valence-corrected chi connectivity index (χ3v) is 2.18. The Morgan fingerprint density at radius 2 is 2.27 bits per heavy atom. The van der Waals surface area contributed by atoms with Gasteiger partial charge < -0.3 is 15.2 Å². The molecule has 4 heteroatoms. The molecule has 1 rings (SSSR count). The molecule has 0 saturated heterocycles. The molecule has 1 heterocycles. The lowest BCUT2D eigenvalue weighted by molar-refractivity contribution is 0.394. The van der Waals surface area contributed by atoms with Crippen LogP contribution < -0.4 is 10.7 Å². The number of aromatic nitrogens is 1. The third-order valence-electron chi connectivity index (χ3n) is 2.18. The van der Waals surface area contributed by atoms with E-state index >= 15 is 0 Å². The first-order valence-electron chi connectivity index (χ1n) is 5.21. The van der Waals surface area contributed by atoms with E-state index in [2.05, 4.69) is 29.3 Å². The highest BCUT2D eigenvalue weighted by molar-refractivity contribution is 5.08. The number of nitrogens with one attached hydrogen (secondary N) is 2. The van der Waals surface area contributed by atoms with Gasteiger partial charge in [0.1, 0.15) is 0 Å². The van der Waals surface area contributed by atoms with Gasteiger partial charge in [0.15, 0.2) is 5.43 Å². The van der Waals surface area contributed by atoms with Crippen molar-refractivity contribution in [3.8, 4) is 0 Å². The summed E-state index contributed by atoms with van der Waals surface area (Å²) >= 11 is 0. The average molecular weight is 209 g/mol. The minimum atomic E-state index is 0.0915. The van der Waals surface area contributed by atoms with Gasteiger partial charge >= 0.3 is 0 Å². The highest BCUT2D eigenvalue weighted by Gasteiger charge is 1.96. The Bertz CT molecular complexity index is 333. The standard InChI is InChI=1S/C11H19N3O/c1-14(2)7-3-5-12-8-10-9-13-6-4-11(10)15/h4,6,9,12H,3,5,7-8H2,1-2H3,(H,13,15). The van der Waals surface area contributed by atoms with E-state index in [4.69, 9.17) is 0 Å². The summed E-state index contributed by atoms with van der Waals surface area (Å²) in [6.07, 6.45) is 4.50. The van der Waals surface area contributed by atoms with Crippen LogP contribution in [0.25, 0.3) is 0 Å². The van der Waals surface area contributed by atoms with Crippen molar-refractivity contribution in [1.82, 2.24) is 15.2 Å². The van der Waals surface area contributed by atoms with Crippen molar-refractivity contribution < 1.29 is 0 Å². The van der Waals surface area contributed by atoms with Crippen LogP contribution in [-0.4, -0.2) is 37.1 Å². The first-order chi connectivity index (χ1) is 7.20. The van der Waals surface area contributed by atoms with Crippen molar-refractivity contribution in [2.75, 3.05) is 27.2 Å². The molecular weight excluding hydrogens is 190 g/mol. The van der Waals surface area contributed by atoms with E-state index in [0.717, 1.165) is 25.1 Å². The zero-order valence-electron chi connectivity index (χ0n) is 9.42. The van der Waals surface area contributed by atoms with Crippen LogP contribution in [0.3, 0.4) is 0 Å². The van der Waals surface area contributed by atoms with Crippen LogP contribution in [0.1, 0.15) is 12.0 Å². The summed E-state index contributed by atoms with van der Waals surface area (Å²) in [7, 11) is 4.11. The predicted octanol–water partition coefficient (Wildman–Crippen LogP) is 0.416. The van der Waals surface area contributed by atoms with Crippen molar-refractivity contribution in [2.45, 2.75) is 13.0 Å². The topological polar surface area (TPSA) is 48.1 Å². The first-order valence-corrected chi connectivity index (χ1v) is 5.21. The summed E-state index contributed by atoms with van der Waals surface area (Å²) in [5, 5.41) is 3.25. The van der Waals surface area contributed by atoms with Gasteiger partial charge in [-0.05, 0) is 33.6 Å². The summed E-state index contributed by atoms with van der Waals surface area (Å²) in [6.45, 7) is 2.65. The van der Waals surface area contributed by atoms with Gasteiger partial charge in [-0.15, -0.1) is 0 Å². The van der Waals surface area contributed by atoms with E-state index in [0.29, 0.717) is 6.54 Å². The summed E-state index contributed by atoms with van der Waals surface area (Å²) in [5.41, 5.74) is 0.885. The van der Waals surface area contributed by atoms with E-state index in [1.54, 1.807) is 18.5 Å². The maximum absolute atomic E-state index is 11.3. The van der Waals surface area contributed by atoms with Crippen LogP contribution in [0.5, 0.6) is 0 Å². The van der Waals surface area contributed by atoms with Crippen molar-refractivity contribution in [3.05, 3.63) is 34.2 Å². The molecule has 0 spiro atoms. The van der Waals surface area contributed by atoms with Crippen LogP contribution >= 0.6 is 0 Å². The lowest BCUT2D eigenvalue weighted by atomic mass is 10.2. The molecule has 0 aromatic carbocycles. The smallest absolute Gasteiger partial charge is 0.186 e. The van der Waals surface area contributed by atoms with E-state index < -0.39 is 0 Å². The Morgan fingerprint density at radius 1 is 1.47 bits per heavy atom. The van der Waals surface area contributed by atoms with Crippen molar-refractivity contribution >= 4 is 0 Å². The second-order valence-electron chi connectivity index (χ2n) is 3.87. The number of hydrogen-bond acceptors (Lipinski definition) is 3. The zero-order chi connectivity index (χ0) is 11.1. The van der Waals surface area contributed by atoms with Gasteiger partial charge in [-0.1, -0.05) is 0 Å². The van der Waals surface area contributed by atoms with Gasteiger partial charge in [0.25, 0.3) is 0 Å². The molecule has 84 valence electrons. The van der Waals surface area contributed by atoms with Crippen LogP contribution in [0.4, 0.5) is 0 Å². The zero-order valence-corrected chi connectivity index (χ0v) is 9.42.